The van der Waals surface area contributed by atoms with Crippen LogP contribution in [0, 0.1) is 12.8 Å². The third kappa shape index (κ3) is 3.39. The van der Waals surface area contributed by atoms with Gasteiger partial charge in [-0.25, -0.2) is 0 Å². The van der Waals surface area contributed by atoms with Gasteiger partial charge in [0.05, 0.1) is 11.3 Å². The maximum Gasteiger partial charge on any atom is 0.241 e. The standard InChI is InChI=1S/C23H26N3/c1-17-21-11-7-6-10-19(21)12-13-22(17)23-14-20(16-25-26(23)2)24-15-18-8-4-3-5-9-18/h6-7,10-16,18H,3-5,8-9H2,1-2H3/q+1. The van der Waals surface area contributed by atoms with E-state index in [1.807, 2.05) is 17.9 Å². The quantitative estimate of drug-likeness (QED) is 0.467. The first-order valence-electron chi connectivity index (χ1n) is 9.61. The molecule has 0 aliphatic heterocycles. The molecule has 4 rings (SSSR count). The normalized spacial score (nSPS) is 15.8. The summed E-state index contributed by atoms with van der Waals surface area (Å²) >= 11 is 0. The Morgan fingerprint density at radius 2 is 1.88 bits per heavy atom. The Morgan fingerprint density at radius 3 is 2.73 bits per heavy atom. The van der Waals surface area contributed by atoms with Crippen LogP contribution in [0.25, 0.3) is 22.0 Å². The van der Waals surface area contributed by atoms with Gasteiger partial charge in [0, 0.05) is 12.3 Å². The highest BCUT2D eigenvalue weighted by atomic mass is 15.2. The van der Waals surface area contributed by atoms with E-state index in [9.17, 15) is 0 Å². The first kappa shape index (κ1) is 16.9. The van der Waals surface area contributed by atoms with Crippen LogP contribution >= 0.6 is 0 Å². The predicted molar refractivity (Wildman–Crippen MR) is 108 cm³/mol. The molecule has 3 aromatic rings. The van der Waals surface area contributed by atoms with E-state index in [0.29, 0.717) is 5.92 Å². The van der Waals surface area contributed by atoms with E-state index in [0.717, 1.165) is 11.4 Å². The lowest BCUT2D eigenvalue weighted by molar-refractivity contribution is -0.720. The summed E-state index contributed by atoms with van der Waals surface area (Å²) in [6.07, 6.45) is 10.6. The fraction of sp³-hybridized carbons (Fsp3) is 0.348. The molecule has 0 radical (unpaired) electrons. The van der Waals surface area contributed by atoms with Crippen molar-refractivity contribution in [1.82, 2.24) is 5.10 Å². The van der Waals surface area contributed by atoms with Crippen LogP contribution in [0.4, 0.5) is 5.69 Å². The molecule has 3 nitrogen and oxygen atoms in total. The van der Waals surface area contributed by atoms with Crippen LogP contribution in [0.3, 0.4) is 0 Å². The van der Waals surface area contributed by atoms with Gasteiger partial charge in [0.2, 0.25) is 5.69 Å². The van der Waals surface area contributed by atoms with Gasteiger partial charge in [0.15, 0.2) is 7.05 Å². The summed E-state index contributed by atoms with van der Waals surface area (Å²) in [4.78, 5) is 4.75. The Balaban J connectivity index is 1.70. The van der Waals surface area contributed by atoms with Crippen molar-refractivity contribution in [3.8, 4) is 11.3 Å². The lowest BCUT2D eigenvalue weighted by Crippen LogP contribution is -2.35. The zero-order chi connectivity index (χ0) is 17.9. The first-order chi connectivity index (χ1) is 12.7. The topological polar surface area (TPSA) is 29.1 Å². The molecule has 1 saturated carbocycles. The van der Waals surface area contributed by atoms with E-state index >= 15 is 0 Å². The summed E-state index contributed by atoms with van der Waals surface area (Å²) in [5.74, 6) is 0.628. The maximum absolute atomic E-state index is 4.75. The Hall–Kier alpha value is -2.55. The van der Waals surface area contributed by atoms with Crippen molar-refractivity contribution < 1.29 is 4.68 Å². The summed E-state index contributed by atoms with van der Waals surface area (Å²) in [7, 11) is 2.00. The highest BCUT2D eigenvalue weighted by Gasteiger charge is 2.17. The van der Waals surface area contributed by atoms with E-state index < -0.39 is 0 Å². The average Bonchev–Trinajstić information content (AvgIpc) is 2.69. The number of hydrogen-bond acceptors (Lipinski definition) is 2. The molecule has 1 aliphatic carbocycles. The molecule has 1 aromatic heterocycles. The summed E-state index contributed by atoms with van der Waals surface area (Å²) in [6, 6.07) is 15.1. The number of aryl methyl sites for hydroxylation is 2. The SMILES string of the molecule is Cc1c(-c2cc(N=CC3CCCCC3)cn[n+]2C)ccc2ccccc12. The number of hydrogen-bond donors (Lipinski definition) is 0. The third-order valence-corrected chi connectivity index (χ3v) is 5.56. The molecule has 0 unspecified atom stereocenters. The van der Waals surface area contributed by atoms with Gasteiger partial charge in [-0.2, -0.15) is 0 Å². The molecule has 1 fully saturated rings. The minimum absolute atomic E-state index is 0.628. The molecule has 0 amide bonds. The Morgan fingerprint density at radius 1 is 1.08 bits per heavy atom. The van der Waals surface area contributed by atoms with Crippen molar-refractivity contribution in [2.75, 3.05) is 0 Å². The van der Waals surface area contributed by atoms with Gasteiger partial charge in [0.25, 0.3) is 0 Å². The minimum atomic E-state index is 0.628. The lowest BCUT2D eigenvalue weighted by atomic mass is 9.90. The summed E-state index contributed by atoms with van der Waals surface area (Å²) in [6.45, 7) is 2.19. The van der Waals surface area contributed by atoms with Crippen LogP contribution in [0.5, 0.6) is 0 Å². The number of fused-ring (bicyclic) bond motifs is 1. The molecule has 0 bridgehead atoms. The van der Waals surface area contributed by atoms with Crippen LogP contribution in [0.1, 0.15) is 37.7 Å². The zero-order valence-corrected chi connectivity index (χ0v) is 15.7. The Kier molecular flexibility index (Phi) is 4.79. The van der Waals surface area contributed by atoms with Gasteiger partial charge in [-0.15, -0.1) is 0 Å². The van der Waals surface area contributed by atoms with Crippen molar-refractivity contribution in [1.29, 1.82) is 0 Å². The largest absolute Gasteiger partial charge is 0.259 e. The second-order valence-electron chi connectivity index (χ2n) is 7.36. The third-order valence-electron chi connectivity index (χ3n) is 5.56. The Labute approximate surface area is 155 Å². The molecule has 0 spiro atoms. The highest BCUT2D eigenvalue weighted by Crippen LogP contribution is 2.29. The molecular weight excluding hydrogens is 318 g/mol. The molecule has 0 N–H and O–H groups in total. The van der Waals surface area contributed by atoms with Gasteiger partial charge >= 0.3 is 0 Å². The average molecular weight is 344 g/mol. The van der Waals surface area contributed by atoms with E-state index in [-0.39, 0.29) is 0 Å². The minimum Gasteiger partial charge on any atom is -0.259 e. The Bertz CT molecular complexity index is 953. The van der Waals surface area contributed by atoms with Crippen molar-refractivity contribution in [3.05, 3.63) is 54.2 Å². The van der Waals surface area contributed by atoms with Crippen LogP contribution in [-0.2, 0) is 7.05 Å². The molecule has 1 aliphatic rings. The van der Waals surface area contributed by atoms with Crippen molar-refractivity contribution >= 4 is 22.7 Å². The smallest absolute Gasteiger partial charge is 0.241 e. The predicted octanol–water partition coefficient (Wildman–Crippen LogP) is 5.32. The number of aromatic nitrogens is 2. The van der Waals surface area contributed by atoms with Crippen molar-refractivity contribution in [3.63, 3.8) is 0 Å². The molecule has 132 valence electrons. The number of rotatable bonds is 3. The summed E-state index contributed by atoms with van der Waals surface area (Å²) < 4.78 is 1.94. The second-order valence-corrected chi connectivity index (χ2v) is 7.36. The van der Waals surface area contributed by atoms with E-state index in [4.69, 9.17) is 4.99 Å². The molecule has 0 atom stereocenters. The van der Waals surface area contributed by atoms with Crippen molar-refractivity contribution in [2.45, 2.75) is 39.0 Å². The van der Waals surface area contributed by atoms with E-state index in [1.54, 1.807) is 0 Å². The molecule has 3 heteroatoms. The van der Waals surface area contributed by atoms with Crippen molar-refractivity contribution in [2.24, 2.45) is 18.0 Å². The summed E-state index contributed by atoms with van der Waals surface area (Å²) in [5.41, 5.74) is 4.55. The molecule has 1 heterocycles. The van der Waals surface area contributed by atoms with Crippen LogP contribution < -0.4 is 4.68 Å². The van der Waals surface area contributed by atoms with Crippen LogP contribution in [0.2, 0.25) is 0 Å². The number of aliphatic imine (C=N–C) groups is 1. The monoisotopic (exact) mass is 344 g/mol. The van der Waals surface area contributed by atoms with E-state index in [2.05, 4.69) is 60.7 Å². The van der Waals surface area contributed by atoms with Gasteiger partial charge in [-0.1, -0.05) is 54.3 Å². The zero-order valence-electron chi connectivity index (χ0n) is 15.7. The van der Waals surface area contributed by atoms with Gasteiger partial charge in [-0.3, -0.25) is 4.99 Å². The first-order valence-corrected chi connectivity index (χ1v) is 9.61. The highest BCUT2D eigenvalue weighted by molar-refractivity contribution is 5.90. The van der Waals surface area contributed by atoms with Gasteiger partial charge < -0.3 is 0 Å². The molecular formula is C23H26N3+. The van der Waals surface area contributed by atoms with Crippen LogP contribution in [0.15, 0.2) is 53.7 Å². The number of nitrogens with zero attached hydrogens (tertiary/aromatic N) is 3. The van der Waals surface area contributed by atoms with E-state index in [1.165, 1.54) is 54.0 Å². The molecule has 2 aromatic carbocycles. The summed E-state index contributed by atoms with van der Waals surface area (Å²) in [5, 5.41) is 7.11. The van der Waals surface area contributed by atoms with Gasteiger partial charge in [-0.05, 0) is 53.2 Å². The maximum atomic E-state index is 4.75. The lowest BCUT2D eigenvalue weighted by Gasteiger charge is -2.16. The second kappa shape index (κ2) is 7.36. The molecule has 0 saturated heterocycles. The van der Waals surface area contributed by atoms with Gasteiger partial charge in [0.1, 0.15) is 6.20 Å². The molecule has 26 heavy (non-hydrogen) atoms. The fourth-order valence-corrected chi connectivity index (χ4v) is 3.98. The van der Waals surface area contributed by atoms with Crippen LogP contribution in [-0.4, -0.2) is 11.3 Å². The number of benzene rings is 2. The fourth-order valence-electron chi connectivity index (χ4n) is 3.98.